The van der Waals surface area contributed by atoms with E-state index >= 15 is 0 Å². The average molecular weight is 397 g/mol. The lowest BCUT2D eigenvalue weighted by atomic mass is 9.89. The normalized spacial score (nSPS) is 13.4. The number of hydrogen-bond acceptors (Lipinski definition) is 3. The maximum absolute atomic E-state index is 12.3. The van der Waals surface area contributed by atoms with Gasteiger partial charge < -0.3 is 5.73 Å². The van der Waals surface area contributed by atoms with E-state index in [0.29, 0.717) is 17.7 Å². The van der Waals surface area contributed by atoms with Gasteiger partial charge in [0.15, 0.2) is 0 Å². The summed E-state index contributed by atoms with van der Waals surface area (Å²) in [7, 11) is -2.08. The zero-order valence-corrected chi connectivity index (χ0v) is 17.4. The van der Waals surface area contributed by atoms with E-state index in [2.05, 4.69) is 13.5 Å². The number of allylic oxidation sites excluding steroid dienone is 2. The number of nitrogens with zero attached hydrogens (tertiary/aromatic N) is 1. The number of hydrogen-bond donors (Lipinski definition) is 1. The highest BCUT2D eigenvalue weighted by Gasteiger charge is 2.26. The van der Waals surface area contributed by atoms with Crippen LogP contribution in [0, 0.1) is 6.92 Å². The van der Waals surface area contributed by atoms with Gasteiger partial charge in [0.2, 0.25) is 5.91 Å². The van der Waals surface area contributed by atoms with E-state index in [0.717, 1.165) is 38.8 Å². The first-order valence-electron chi connectivity index (χ1n) is 8.94. The minimum Gasteiger partial charge on any atom is -0.366 e. The summed E-state index contributed by atoms with van der Waals surface area (Å²) >= 11 is 0. The summed E-state index contributed by atoms with van der Waals surface area (Å²) in [6.45, 7) is 9.40. The van der Waals surface area contributed by atoms with Crippen molar-refractivity contribution in [3.05, 3.63) is 70.1 Å². The van der Waals surface area contributed by atoms with Gasteiger partial charge in [0.1, 0.15) is 0 Å². The SMILES string of the molecule is C=CS(=O)(=O)N(C)c1cccc(-c2ccc(C(N)=O)c3c2C(C)=C(C)C3)c1C. The molecule has 0 fully saturated rings. The van der Waals surface area contributed by atoms with E-state index in [-0.39, 0.29) is 0 Å². The monoisotopic (exact) mass is 396 g/mol. The summed E-state index contributed by atoms with van der Waals surface area (Å²) in [4.78, 5) is 11.9. The highest BCUT2D eigenvalue weighted by molar-refractivity contribution is 7.95. The molecule has 0 saturated carbocycles. The van der Waals surface area contributed by atoms with Gasteiger partial charge in [0.25, 0.3) is 10.0 Å². The molecule has 2 aromatic rings. The Morgan fingerprint density at radius 3 is 2.43 bits per heavy atom. The van der Waals surface area contributed by atoms with Crippen LogP contribution in [0.15, 0.2) is 47.9 Å². The van der Waals surface area contributed by atoms with Crippen molar-refractivity contribution < 1.29 is 13.2 Å². The molecular weight excluding hydrogens is 372 g/mol. The van der Waals surface area contributed by atoms with E-state index in [9.17, 15) is 13.2 Å². The molecule has 0 heterocycles. The van der Waals surface area contributed by atoms with Crippen molar-refractivity contribution >= 4 is 27.2 Å². The zero-order chi connectivity index (χ0) is 20.8. The fourth-order valence-electron chi connectivity index (χ4n) is 3.83. The van der Waals surface area contributed by atoms with Gasteiger partial charge >= 0.3 is 0 Å². The second-order valence-corrected chi connectivity index (χ2v) is 9.00. The van der Waals surface area contributed by atoms with Crippen molar-refractivity contribution in [2.75, 3.05) is 11.4 Å². The van der Waals surface area contributed by atoms with Crippen molar-refractivity contribution in [3.63, 3.8) is 0 Å². The maximum Gasteiger partial charge on any atom is 0.256 e. The van der Waals surface area contributed by atoms with Gasteiger partial charge in [-0.05, 0) is 72.7 Å². The second kappa shape index (κ2) is 6.95. The number of nitrogens with two attached hydrogens (primary N) is 1. The first-order chi connectivity index (χ1) is 13.1. The Hall–Kier alpha value is -2.86. The molecule has 28 heavy (non-hydrogen) atoms. The van der Waals surface area contributed by atoms with Crippen molar-refractivity contribution in [1.29, 1.82) is 0 Å². The molecule has 1 aliphatic carbocycles. The van der Waals surface area contributed by atoms with Crippen LogP contribution in [0.5, 0.6) is 0 Å². The number of primary amides is 1. The number of sulfonamides is 1. The number of carbonyl (C=O) groups excluding carboxylic acids is 1. The quantitative estimate of drug-likeness (QED) is 0.829. The highest BCUT2D eigenvalue weighted by Crippen LogP contribution is 2.43. The first-order valence-corrected chi connectivity index (χ1v) is 10.4. The summed E-state index contributed by atoms with van der Waals surface area (Å²) in [5, 5.41) is 0.939. The molecule has 0 radical (unpaired) electrons. The Labute approximate surface area is 166 Å². The summed E-state index contributed by atoms with van der Waals surface area (Å²) in [6.07, 6.45) is 0.691. The third-order valence-corrected chi connectivity index (χ3v) is 6.94. The Bertz CT molecular complexity index is 1140. The van der Waals surface area contributed by atoms with E-state index < -0.39 is 15.9 Å². The standard InChI is InChI=1S/C22H24N2O3S/c1-6-28(26,27)24(5)20-9-7-8-16(15(20)4)17-10-11-18(22(23)25)19-12-13(2)14(3)21(17)19/h6-11H,1,12H2,2-5H3,(H2,23,25). The lowest BCUT2D eigenvalue weighted by Crippen LogP contribution is -2.24. The largest absolute Gasteiger partial charge is 0.366 e. The fraction of sp³-hybridized carbons (Fsp3) is 0.227. The van der Waals surface area contributed by atoms with E-state index in [1.165, 1.54) is 16.9 Å². The molecule has 0 bridgehead atoms. The van der Waals surface area contributed by atoms with Crippen LogP contribution in [0.1, 0.15) is 40.9 Å². The van der Waals surface area contributed by atoms with Crippen LogP contribution < -0.4 is 10.0 Å². The smallest absolute Gasteiger partial charge is 0.256 e. The molecule has 0 saturated heterocycles. The van der Waals surface area contributed by atoms with Crippen molar-refractivity contribution in [1.82, 2.24) is 0 Å². The van der Waals surface area contributed by atoms with Crippen molar-refractivity contribution in [2.45, 2.75) is 27.2 Å². The molecule has 0 spiro atoms. The molecular formula is C22H24N2O3S. The summed E-state index contributed by atoms with van der Waals surface area (Å²) < 4.78 is 25.7. The molecule has 2 aromatic carbocycles. The Morgan fingerprint density at radius 1 is 1.14 bits per heavy atom. The molecule has 0 aliphatic heterocycles. The summed E-state index contributed by atoms with van der Waals surface area (Å²) in [6, 6.07) is 9.23. The number of anilines is 1. The van der Waals surface area contributed by atoms with Crippen LogP contribution >= 0.6 is 0 Å². The minimum absolute atomic E-state index is 0.437. The van der Waals surface area contributed by atoms with Gasteiger partial charge in [-0.2, -0.15) is 0 Å². The lowest BCUT2D eigenvalue weighted by molar-refractivity contribution is 0.0999. The van der Waals surface area contributed by atoms with E-state index in [4.69, 9.17) is 5.73 Å². The molecule has 0 aromatic heterocycles. The van der Waals surface area contributed by atoms with Crippen LogP contribution in [0.25, 0.3) is 16.7 Å². The lowest BCUT2D eigenvalue weighted by Gasteiger charge is -2.22. The molecule has 1 amide bonds. The Balaban J connectivity index is 2.27. The van der Waals surface area contributed by atoms with Gasteiger partial charge in [0, 0.05) is 18.0 Å². The highest BCUT2D eigenvalue weighted by atomic mass is 32.2. The fourth-order valence-corrected chi connectivity index (χ4v) is 4.53. The van der Waals surface area contributed by atoms with Crippen LogP contribution in [-0.2, 0) is 16.4 Å². The molecule has 1 aliphatic rings. The first kappa shape index (κ1) is 19.9. The number of benzene rings is 2. The van der Waals surface area contributed by atoms with Crippen LogP contribution in [0.2, 0.25) is 0 Å². The Kier molecular flexibility index (Phi) is 4.93. The number of fused-ring (bicyclic) bond motifs is 1. The third-order valence-electron chi connectivity index (χ3n) is 5.56. The number of amides is 1. The summed E-state index contributed by atoms with van der Waals surface area (Å²) in [5.41, 5.74) is 13.7. The minimum atomic E-state index is -3.59. The van der Waals surface area contributed by atoms with Crippen molar-refractivity contribution in [2.24, 2.45) is 5.73 Å². The maximum atomic E-state index is 12.3. The average Bonchev–Trinajstić information content (AvgIpc) is 2.95. The molecule has 2 N–H and O–H groups in total. The second-order valence-electron chi connectivity index (χ2n) is 7.09. The van der Waals surface area contributed by atoms with Crippen LogP contribution in [-0.4, -0.2) is 21.4 Å². The molecule has 0 unspecified atom stereocenters. The van der Waals surface area contributed by atoms with Gasteiger partial charge in [-0.15, -0.1) is 0 Å². The van der Waals surface area contributed by atoms with Gasteiger partial charge in [-0.25, -0.2) is 8.42 Å². The molecule has 146 valence electrons. The van der Waals surface area contributed by atoms with Gasteiger partial charge in [-0.1, -0.05) is 30.4 Å². The topological polar surface area (TPSA) is 80.5 Å². The van der Waals surface area contributed by atoms with Crippen LogP contribution in [0.3, 0.4) is 0 Å². The molecule has 5 nitrogen and oxygen atoms in total. The number of carbonyl (C=O) groups is 1. The summed E-state index contributed by atoms with van der Waals surface area (Å²) in [5.74, 6) is -0.437. The molecule has 6 heteroatoms. The van der Waals surface area contributed by atoms with E-state index in [1.54, 1.807) is 12.1 Å². The number of rotatable bonds is 5. The van der Waals surface area contributed by atoms with Crippen LogP contribution in [0.4, 0.5) is 5.69 Å². The Morgan fingerprint density at radius 2 is 1.82 bits per heavy atom. The molecule has 3 rings (SSSR count). The predicted molar refractivity (Wildman–Crippen MR) is 115 cm³/mol. The van der Waals surface area contributed by atoms with Gasteiger partial charge in [0.05, 0.1) is 5.69 Å². The third kappa shape index (κ3) is 3.03. The predicted octanol–water partition coefficient (Wildman–Crippen LogP) is 4.02. The zero-order valence-electron chi connectivity index (χ0n) is 16.5. The van der Waals surface area contributed by atoms with E-state index in [1.807, 2.05) is 32.0 Å². The van der Waals surface area contributed by atoms with Crippen molar-refractivity contribution in [3.8, 4) is 11.1 Å². The van der Waals surface area contributed by atoms with Gasteiger partial charge in [-0.3, -0.25) is 9.10 Å². The molecule has 0 atom stereocenters.